The van der Waals surface area contributed by atoms with E-state index in [1.807, 2.05) is 0 Å². The van der Waals surface area contributed by atoms with Crippen LogP contribution in [0.3, 0.4) is 0 Å². The van der Waals surface area contributed by atoms with Crippen molar-refractivity contribution in [2.45, 2.75) is 0 Å². The third kappa shape index (κ3) is 2.92. The third-order valence-electron chi connectivity index (χ3n) is 2.33. The van der Waals surface area contributed by atoms with Crippen molar-refractivity contribution in [3.63, 3.8) is 0 Å². The van der Waals surface area contributed by atoms with Crippen LogP contribution in [0.2, 0.25) is 0 Å². The van der Waals surface area contributed by atoms with Crippen molar-refractivity contribution in [2.24, 2.45) is 0 Å². The Kier molecular flexibility index (Phi) is 3.51. The number of nitro groups is 1. The molecule has 96 valence electrons. The summed E-state index contributed by atoms with van der Waals surface area (Å²) in [5, 5.41) is 10.7. The number of carbonyl (C=O) groups is 1. The zero-order valence-electron chi connectivity index (χ0n) is 9.58. The second-order valence-electron chi connectivity index (χ2n) is 3.62. The van der Waals surface area contributed by atoms with Gasteiger partial charge in [0.05, 0.1) is 10.5 Å². The first kappa shape index (κ1) is 12.7. The number of esters is 1. The van der Waals surface area contributed by atoms with E-state index in [0.29, 0.717) is 0 Å². The fourth-order valence-electron chi connectivity index (χ4n) is 1.45. The number of carbonyl (C=O) groups excluding carboxylic acids is 1. The number of hydrogen-bond donors (Lipinski definition) is 0. The first-order valence-electron chi connectivity index (χ1n) is 5.29. The molecule has 0 unspecified atom stereocenters. The molecule has 2 aromatic carbocycles. The quantitative estimate of drug-likeness (QED) is 0.368. The van der Waals surface area contributed by atoms with Crippen LogP contribution in [-0.4, -0.2) is 10.9 Å². The molecule has 0 saturated carbocycles. The molecule has 0 aliphatic rings. The van der Waals surface area contributed by atoms with E-state index < -0.39 is 28.1 Å². The van der Waals surface area contributed by atoms with Gasteiger partial charge < -0.3 is 4.74 Å². The minimum atomic E-state index is -0.783. The van der Waals surface area contributed by atoms with Crippen LogP contribution < -0.4 is 4.74 Å². The van der Waals surface area contributed by atoms with Gasteiger partial charge in [0.1, 0.15) is 5.82 Å². The Morgan fingerprint density at radius 3 is 2.47 bits per heavy atom. The zero-order valence-corrected chi connectivity index (χ0v) is 9.58. The molecule has 0 aliphatic carbocycles. The molecule has 0 bridgehead atoms. The largest absolute Gasteiger partial charge is 0.415 e. The topological polar surface area (TPSA) is 69.4 Å². The van der Waals surface area contributed by atoms with E-state index in [-0.39, 0.29) is 5.56 Å². The molecule has 0 amide bonds. The van der Waals surface area contributed by atoms with E-state index in [0.717, 1.165) is 18.2 Å². The molecule has 2 rings (SSSR count). The standard InChI is InChI=1S/C13H8FNO4/c14-10-6-7-11(15(17)18)12(8-10)19-13(16)9-4-2-1-3-5-9/h1-8H. The Morgan fingerprint density at radius 2 is 1.84 bits per heavy atom. The molecule has 6 heteroatoms. The van der Waals surface area contributed by atoms with Crippen molar-refractivity contribution in [3.05, 3.63) is 70.0 Å². The number of rotatable bonds is 3. The molecular weight excluding hydrogens is 253 g/mol. The van der Waals surface area contributed by atoms with Crippen LogP contribution in [0.1, 0.15) is 10.4 Å². The summed E-state index contributed by atoms with van der Waals surface area (Å²) < 4.78 is 17.9. The van der Waals surface area contributed by atoms with Crippen LogP contribution in [0.5, 0.6) is 5.75 Å². The highest BCUT2D eigenvalue weighted by atomic mass is 19.1. The predicted octanol–water partition coefficient (Wildman–Crippen LogP) is 2.95. The maximum Gasteiger partial charge on any atom is 0.343 e. The summed E-state index contributed by atoms with van der Waals surface area (Å²) in [4.78, 5) is 21.7. The molecule has 0 saturated heterocycles. The number of hydrogen-bond acceptors (Lipinski definition) is 4. The van der Waals surface area contributed by atoms with E-state index >= 15 is 0 Å². The average Bonchev–Trinajstić information content (AvgIpc) is 2.39. The summed E-state index contributed by atoms with van der Waals surface area (Å²) in [6, 6.07) is 10.6. The van der Waals surface area contributed by atoms with Gasteiger partial charge in [-0.1, -0.05) is 18.2 Å². The van der Waals surface area contributed by atoms with E-state index in [9.17, 15) is 19.3 Å². The summed E-state index contributed by atoms with van der Waals surface area (Å²) in [6.45, 7) is 0. The second-order valence-corrected chi connectivity index (χ2v) is 3.62. The van der Waals surface area contributed by atoms with E-state index in [2.05, 4.69) is 0 Å². The van der Waals surface area contributed by atoms with E-state index in [1.54, 1.807) is 18.2 Å². The fraction of sp³-hybridized carbons (Fsp3) is 0. The highest BCUT2D eigenvalue weighted by Crippen LogP contribution is 2.28. The maximum atomic E-state index is 13.0. The van der Waals surface area contributed by atoms with E-state index in [1.165, 1.54) is 12.1 Å². The third-order valence-corrected chi connectivity index (χ3v) is 2.33. The van der Waals surface area contributed by atoms with Crippen molar-refractivity contribution in [1.82, 2.24) is 0 Å². The molecule has 2 aromatic rings. The Labute approximate surface area is 107 Å². The van der Waals surface area contributed by atoms with Gasteiger partial charge in [-0.25, -0.2) is 9.18 Å². The lowest BCUT2D eigenvalue weighted by Gasteiger charge is -2.05. The van der Waals surface area contributed by atoms with Crippen LogP contribution in [0.4, 0.5) is 10.1 Å². The lowest BCUT2D eigenvalue weighted by atomic mass is 10.2. The highest BCUT2D eigenvalue weighted by Gasteiger charge is 2.19. The van der Waals surface area contributed by atoms with Crippen molar-refractivity contribution < 1.29 is 18.8 Å². The monoisotopic (exact) mass is 261 g/mol. The summed E-state index contributed by atoms with van der Waals surface area (Å²) in [7, 11) is 0. The molecule has 0 fully saturated rings. The van der Waals surface area contributed by atoms with Crippen molar-refractivity contribution in [3.8, 4) is 5.75 Å². The maximum absolute atomic E-state index is 13.0. The number of benzene rings is 2. The van der Waals surface area contributed by atoms with Gasteiger partial charge in [0.15, 0.2) is 0 Å². The van der Waals surface area contributed by atoms with Crippen molar-refractivity contribution in [2.75, 3.05) is 0 Å². The highest BCUT2D eigenvalue weighted by molar-refractivity contribution is 5.91. The summed E-state index contributed by atoms with van der Waals surface area (Å²) >= 11 is 0. The molecule has 0 aliphatic heterocycles. The number of ether oxygens (including phenoxy) is 1. The molecule has 0 heterocycles. The predicted molar refractivity (Wildman–Crippen MR) is 64.5 cm³/mol. The Balaban J connectivity index is 2.31. The molecule has 0 aromatic heterocycles. The number of nitrogens with zero attached hydrogens (tertiary/aromatic N) is 1. The van der Waals surface area contributed by atoms with Gasteiger partial charge in [-0.15, -0.1) is 0 Å². The SMILES string of the molecule is O=C(Oc1cc(F)ccc1[N+](=O)[O-])c1ccccc1. The first-order valence-corrected chi connectivity index (χ1v) is 5.29. The van der Waals surface area contributed by atoms with Gasteiger partial charge in [0.25, 0.3) is 0 Å². The van der Waals surface area contributed by atoms with Gasteiger partial charge >= 0.3 is 11.7 Å². The van der Waals surface area contributed by atoms with Crippen LogP contribution in [0.15, 0.2) is 48.5 Å². The van der Waals surface area contributed by atoms with E-state index in [4.69, 9.17) is 4.74 Å². The second kappa shape index (κ2) is 5.26. The smallest absolute Gasteiger partial charge is 0.343 e. The summed E-state index contributed by atoms with van der Waals surface area (Å²) in [5.74, 6) is -1.92. The molecule has 0 N–H and O–H groups in total. The minimum absolute atomic E-state index is 0.223. The van der Waals surface area contributed by atoms with Gasteiger partial charge in [-0.2, -0.15) is 0 Å². The molecule has 0 spiro atoms. The normalized spacial score (nSPS) is 9.95. The zero-order chi connectivity index (χ0) is 13.8. The van der Waals surface area contributed by atoms with Crippen LogP contribution in [0.25, 0.3) is 0 Å². The minimum Gasteiger partial charge on any atom is -0.415 e. The fourth-order valence-corrected chi connectivity index (χ4v) is 1.45. The molecule has 0 radical (unpaired) electrons. The van der Waals surface area contributed by atoms with Crippen molar-refractivity contribution in [1.29, 1.82) is 0 Å². The van der Waals surface area contributed by atoms with Crippen LogP contribution in [0, 0.1) is 15.9 Å². The Morgan fingerprint density at radius 1 is 1.16 bits per heavy atom. The lowest BCUT2D eigenvalue weighted by Crippen LogP contribution is -2.09. The Hall–Kier alpha value is -2.76. The average molecular weight is 261 g/mol. The van der Waals surface area contributed by atoms with Crippen LogP contribution >= 0.6 is 0 Å². The lowest BCUT2D eigenvalue weighted by molar-refractivity contribution is -0.385. The van der Waals surface area contributed by atoms with Crippen LogP contribution in [-0.2, 0) is 0 Å². The first-order chi connectivity index (χ1) is 9.08. The Bertz CT molecular complexity index is 628. The molecule has 19 heavy (non-hydrogen) atoms. The number of halogens is 1. The van der Waals surface area contributed by atoms with Gasteiger partial charge in [0.2, 0.25) is 5.75 Å². The van der Waals surface area contributed by atoms with Gasteiger partial charge in [0, 0.05) is 12.1 Å². The molecule has 0 atom stereocenters. The summed E-state index contributed by atoms with van der Waals surface area (Å²) in [5.41, 5.74) is -0.244. The summed E-state index contributed by atoms with van der Waals surface area (Å²) in [6.07, 6.45) is 0. The van der Waals surface area contributed by atoms with Crippen molar-refractivity contribution >= 4 is 11.7 Å². The molecular formula is C13H8FNO4. The van der Waals surface area contributed by atoms with Gasteiger partial charge in [-0.3, -0.25) is 10.1 Å². The molecule has 5 nitrogen and oxygen atoms in total. The van der Waals surface area contributed by atoms with Gasteiger partial charge in [-0.05, 0) is 18.2 Å². The number of nitro benzene ring substituents is 1.